The van der Waals surface area contributed by atoms with Crippen LogP contribution in [-0.4, -0.2) is 37.2 Å². The molecule has 0 aliphatic rings. The number of hydrogen-bond acceptors (Lipinski definition) is 6. The number of allylic oxidation sites excluding steroid dienone is 18. The van der Waals surface area contributed by atoms with Crippen molar-refractivity contribution in [3.05, 3.63) is 109 Å². The Bertz CT molecular complexity index is 1560. The molecule has 0 rings (SSSR count). The van der Waals surface area contributed by atoms with Crippen LogP contribution in [-0.2, 0) is 28.6 Å². The molecule has 0 bridgehead atoms. The van der Waals surface area contributed by atoms with E-state index in [4.69, 9.17) is 14.2 Å². The summed E-state index contributed by atoms with van der Waals surface area (Å²) in [6.45, 7) is 6.47. The Kier molecular flexibility index (Phi) is 61.3. The predicted octanol–water partition coefficient (Wildman–Crippen LogP) is 22.2. The van der Waals surface area contributed by atoms with Crippen LogP contribution in [0.1, 0.15) is 303 Å². The summed E-state index contributed by atoms with van der Waals surface area (Å²) >= 11 is 0. The molecule has 0 N–H and O–H groups in total. The van der Waals surface area contributed by atoms with E-state index >= 15 is 0 Å². The van der Waals surface area contributed by atoms with Crippen molar-refractivity contribution in [2.24, 2.45) is 0 Å². The van der Waals surface area contributed by atoms with Crippen LogP contribution in [0.15, 0.2) is 109 Å². The molecule has 440 valence electrons. The Labute approximate surface area is 476 Å². The lowest BCUT2D eigenvalue weighted by Crippen LogP contribution is -2.30. The van der Waals surface area contributed by atoms with Crippen LogP contribution < -0.4 is 0 Å². The van der Waals surface area contributed by atoms with E-state index in [9.17, 15) is 14.4 Å². The smallest absolute Gasteiger partial charge is 0.306 e. The Morgan fingerprint density at radius 3 is 0.818 bits per heavy atom. The van der Waals surface area contributed by atoms with Gasteiger partial charge in [-0.25, -0.2) is 0 Å². The van der Waals surface area contributed by atoms with Gasteiger partial charge in [-0.3, -0.25) is 14.4 Å². The summed E-state index contributed by atoms with van der Waals surface area (Å²) in [7, 11) is 0. The highest BCUT2D eigenvalue weighted by Crippen LogP contribution is 2.16. The van der Waals surface area contributed by atoms with Gasteiger partial charge in [0.05, 0.1) is 0 Å². The summed E-state index contributed by atoms with van der Waals surface area (Å²) in [6, 6.07) is 0. The van der Waals surface area contributed by atoms with Gasteiger partial charge in [0.15, 0.2) is 6.10 Å². The molecule has 77 heavy (non-hydrogen) atoms. The van der Waals surface area contributed by atoms with Gasteiger partial charge in [0.2, 0.25) is 0 Å². The molecule has 0 unspecified atom stereocenters. The number of unbranched alkanes of at least 4 members (excludes halogenated alkanes) is 29. The van der Waals surface area contributed by atoms with Crippen molar-refractivity contribution in [1.82, 2.24) is 0 Å². The van der Waals surface area contributed by atoms with Crippen molar-refractivity contribution in [3.8, 4) is 0 Å². The summed E-state index contributed by atoms with van der Waals surface area (Å²) < 4.78 is 16.9. The second kappa shape index (κ2) is 64.6. The summed E-state index contributed by atoms with van der Waals surface area (Å²) in [5.41, 5.74) is 0. The standard InChI is InChI=1S/C71H120O6/c1-4-7-10-13-16-19-22-25-28-31-34-35-38-41-44-47-50-53-56-59-62-65-71(74)77-68(66-75-69(72)63-60-57-54-51-48-45-42-39-36-32-29-26-23-20-17-14-11-8-5-2)67-76-70(73)64-61-58-55-52-49-46-43-40-37-33-30-27-24-21-18-15-12-9-6-3/h8,11,17-18,20-21,26-27,29-30,36-37,39-40,45-46,48-49,68H,4-7,9-10,12-16,19,22-25,28,31-35,38,41-44,47,50-67H2,1-3H3/b11-8-,20-17-,21-18-,29-26-,30-27-,39-36-,40-37-,48-45-,49-46-/t68-/m1/s1. The van der Waals surface area contributed by atoms with Crippen molar-refractivity contribution in [3.63, 3.8) is 0 Å². The molecule has 0 amide bonds. The van der Waals surface area contributed by atoms with Gasteiger partial charge in [0, 0.05) is 19.3 Å². The molecule has 0 radical (unpaired) electrons. The molecular formula is C71H120O6. The average molecular weight is 1070 g/mol. The number of carbonyl (C=O) groups excluding carboxylic acids is 3. The molecule has 6 heteroatoms. The molecule has 0 saturated heterocycles. The van der Waals surface area contributed by atoms with Gasteiger partial charge in [-0.1, -0.05) is 284 Å². The lowest BCUT2D eigenvalue weighted by atomic mass is 10.0. The van der Waals surface area contributed by atoms with Crippen molar-refractivity contribution >= 4 is 17.9 Å². The minimum absolute atomic E-state index is 0.105. The normalized spacial score (nSPS) is 12.8. The maximum atomic E-state index is 12.9. The zero-order chi connectivity index (χ0) is 55.7. The van der Waals surface area contributed by atoms with Crippen LogP contribution in [0.4, 0.5) is 0 Å². The highest BCUT2D eigenvalue weighted by atomic mass is 16.6. The Morgan fingerprint density at radius 1 is 0.273 bits per heavy atom. The van der Waals surface area contributed by atoms with Crippen molar-refractivity contribution in [2.75, 3.05) is 13.2 Å². The number of rotatable bonds is 58. The van der Waals surface area contributed by atoms with E-state index in [2.05, 4.69) is 130 Å². The van der Waals surface area contributed by atoms with Gasteiger partial charge in [0.25, 0.3) is 0 Å². The molecule has 6 nitrogen and oxygen atoms in total. The minimum Gasteiger partial charge on any atom is -0.462 e. The summed E-state index contributed by atoms with van der Waals surface area (Å²) in [5.74, 6) is -0.954. The summed E-state index contributed by atoms with van der Waals surface area (Å²) in [5, 5.41) is 0. The Balaban J connectivity index is 4.48. The fourth-order valence-electron chi connectivity index (χ4n) is 8.92. The van der Waals surface area contributed by atoms with Gasteiger partial charge in [-0.05, 0) is 109 Å². The van der Waals surface area contributed by atoms with E-state index in [1.807, 2.05) is 0 Å². The van der Waals surface area contributed by atoms with E-state index in [0.29, 0.717) is 19.3 Å². The monoisotopic (exact) mass is 1070 g/mol. The summed E-state index contributed by atoms with van der Waals surface area (Å²) in [6.07, 6.45) is 88.1. The van der Waals surface area contributed by atoms with Crippen LogP contribution in [0.3, 0.4) is 0 Å². The SMILES string of the molecule is CC/C=C\C/C=C\C/C=C\C/C=C\C/C=C\CCCCCC(=O)OC[C@H](COC(=O)CCCCC/C=C\C/C=C\C/C=C\C/C=C\CCCCC)OC(=O)CCCCCCCCCCCCCCCCCCCCCCC. The van der Waals surface area contributed by atoms with Crippen LogP contribution in [0.2, 0.25) is 0 Å². The molecule has 0 fully saturated rings. The van der Waals surface area contributed by atoms with Crippen LogP contribution in [0.5, 0.6) is 0 Å². The maximum Gasteiger partial charge on any atom is 0.306 e. The zero-order valence-corrected chi connectivity index (χ0v) is 50.4. The molecule has 0 heterocycles. The molecule has 0 aromatic carbocycles. The minimum atomic E-state index is -0.807. The second-order valence-electron chi connectivity index (χ2n) is 21.3. The van der Waals surface area contributed by atoms with Gasteiger partial charge in [0.1, 0.15) is 13.2 Å². The Morgan fingerprint density at radius 2 is 0.506 bits per heavy atom. The third-order valence-corrected chi connectivity index (χ3v) is 13.8. The van der Waals surface area contributed by atoms with Crippen LogP contribution >= 0.6 is 0 Å². The maximum absolute atomic E-state index is 12.9. The molecule has 0 saturated carbocycles. The first-order chi connectivity index (χ1) is 38.0. The fourth-order valence-corrected chi connectivity index (χ4v) is 8.92. The number of ether oxygens (including phenoxy) is 3. The number of carbonyl (C=O) groups is 3. The van der Waals surface area contributed by atoms with Crippen LogP contribution in [0, 0.1) is 0 Å². The van der Waals surface area contributed by atoms with E-state index in [0.717, 1.165) is 122 Å². The molecule has 0 aromatic rings. The lowest BCUT2D eigenvalue weighted by Gasteiger charge is -2.18. The molecule has 0 aliphatic heterocycles. The van der Waals surface area contributed by atoms with E-state index < -0.39 is 6.10 Å². The number of esters is 3. The van der Waals surface area contributed by atoms with Crippen molar-refractivity contribution < 1.29 is 28.6 Å². The predicted molar refractivity (Wildman–Crippen MR) is 334 cm³/mol. The first kappa shape index (κ1) is 73.1. The van der Waals surface area contributed by atoms with Crippen LogP contribution in [0.25, 0.3) is 0 Å². The quantitative estimate of drug-likeness (QED) is 0.0261. The van der Waals surface area contributed by atoms with Gasteiger partial charge < -0.3 is 14.2 Å². The first-order valence-electron chi connectivity index (χ1n) is 32.4. The van der Waals surface area contributed by atoms with Crippen molar-refractivity contribution in [2.45, 2.75) is 309 Å². The lowest BCUT2D eigenvalue weighted by molar-refractivity contribution is -0.167. The molecule has 0 spiro atoms. The average Bonchev–Trinajstić information content (AvgIpc) is 3.43. The van der Waals surface area contributed by atoms with E-state index in [1.54, 1.807) is 0 Å². The van der Waals surface area contributed by atoms with Gasteiger partial charge in [-0.2, -0.15) is 0 Å². The van der Waals surface area contributed by atoms with Crippen molar-refractivity contribution in [1.29, 1.82) is 0 Å². The van der Waals surface area contributed by atoms with Gasteiger partial charge >= 0.3 is 17.9 Å². The third-order valence-electron chi connectivity index (χ3n) is 13.8. The Hall–Kier alpha value is -3.93. The fraction of sp³-hybridized carbons (Fsp3) is 0.704. The highest BCUT2D eigenvalue weighted by molar-refractivity contribution is 5.71. The molecule has 1 atom stereocenters. The first-order valence-corrected chi connectivity index (χ1v) is 32.4. The van der Waals surface area contributed by atoms with Gasteiger partial charge in [-0.15, -0.1) is 0 Å². The van der Waals surface area contributed by atoms with E-state index in [-0.39, 0.29) is 31.1 Å². The molecular weight excluding hydrogens is 949 g/mol. The largest absolute Gasteiger partial charge is 0.462 e. The highest BCUT2D eigenvalue weighted by Gasteiger charge is 2.19. The topological polar surface area (TPSA) is 78.9 Å². The molecule has 0 aromatic heterocycles. The second-order valence-corrected chi connectivity index (χ2v) is 21.3. The third kappa shape index (κ3) is 62.8. The number of hydrogen-bond donors (Lipinski definition) is 0. The van der Waals surface area contributed by atoms with E-state index in [1.165, 1.54) is 141 Å². The summed E-state index contributed by atoms with van der Waals surface area (Å²) in [4.78, 5) is 38.4. The molecule has 0 aliphatic carbocycles. The zero-order valence-electron chi connectivity index (χ0n) is 50.4.